The van der Waals surface area contributed by atoms with Crippen LogP contribution in [0.5, 0.6) is 5.75 Å². The first kappa shape index (κ1) is 14.2. The predicted octanol–water partition coefficient (Wildman–Crippen LogP) is 2.93. The molecule has 0 radical (unpaired) electrons. The molecule has 3 nitrogen and oxygen atoms in total. The second-order valence-corrected chi connectivity index (χ2v) is 4.44. The SMILES string of the molecule is C/C(=C\I)[C@H](O)[C@H](C)C(=O)Oc1ccccc1. The summed E-state index contributed by atoms with van der Waals surface area (Å²) >= 11 is 2.03. The summed E-state index contributed by atoms with van der Waals surface area (Å²) in [6, 6.07) is 8.84. The summed E-state index contributed by atoms with van der Waals surface area (Å²) in [6.07, 6.45) is -0.803. The van der Waals surface area contributed by atoms with Crippen LogP contribution in [-0.2, 0) is 4.79 Å². The second kappa shape index (κ2) is 6.76. The van der Waals surface area contributed by atoms with E-state index in [0.29, 0.717) is 5.75 Å². The first-order valence-electron chi connectivity index (χ1n) is 5.28. The zero-order valence-electron chi connectivity index (χ0n) is 9.76. The molecule has 1 N–H and O–H groups in total. The van der Waals surface area contributed by atoms with Gasteiger partial charge in [-0.15, -0.1) is 0 Å². The fourth-order valence-corrected chi connectivity index (χ4v) is 1.65. The monoisotopic (exact) mass is 346 g/mol. The van der Waals surface area contributed by atoms with Gasteiger partial charge in [0.2, 0.25) is 0 Å². The van der Waals surface area contributed by atoms with Gasteiger partial charge >= 0.3 is 5.97 Å². The predicted molar refractivity (Wildman–Crippen MR) is 75.0 cm³/mol. The number of para-hydroxylation sites is 1. The van der Waals surface area contributed by atoms with Crippen LogP contribution in [-0.4, -0.2) is 17.2 Å². The molecule has 0 aliphatic heterocycles. The largest absolute Gasteiger partial charge is 0.426 e. The number of carbonyl (C=O) groups excluding carboxylic acids is 1. The van der Waals surface area contributed by atoms with E-state index in [1.165, 1.54) is 0 Å². The van der Waals surface area contributed by atoms with Crippen LogP contribution < -0.4 is 4.74 Å². The number of rotatable bonds is 4. The number of aliphatic hydroxyl groups is 1. The van der Waals surface area contributed by atoms with Gasteiger partial charge in [-0.05, 0) is 35.6 Å². The normalized spacial score (nSPS) is 15.2. The Kier molecular flexibility index (Phi) is 5.64. The molecule has 0 fully saturated rings. The zero-order valence-corrected chi connectivity index (χ0v) is 11.9. The van der Waals surface area contributed by atoms with Gasteiger partial charge in [-0.25, -0.2) is 0 Å². The van der Waals surface area contributed by atoms with Gasteiger partial charge in [0.1, 0.15) is 5.75 Å². The number of aliphatic hydroxyl groups excluding tert-OH is 1. The van der Waals surface area contributed by atoms with Crippen molar-refractivity contribution in [2.75, 3.05) is 0 Å². The van der Waals surface area contributed by atoms with Crippen LogP contribution in [0.15, 0.2) is 40.0 Å². The van der Waals surface area contributed by atoms with Crippen molar-refractivity contribution in [2.24, 2.45) is 5.92 Å². The zero-order chi connectivity index (χ0) is 12.8. The Morgan fingerprint density at radius 1 is 1.41 bits per heavy atom. The van der Waals surface area contributed by atoms with Crippen molar-refractivity contribution in [3.8, 4) is 5.75 Å². The van der Waals surface area contributed by atoms with Crippen molar-refractivity contribution in [1.29, 1.82) is 0 Å². The summed E-state index contributed by atoms with van der Waals surface area (Å²) in [5.41, 5.74) is 0.753. The molecular formula is C13H15IO3. The molecule has 0 saturated carbocycles. The quantitative estimate of drug-likeness (QED) is 0.518. The van der Waals surface area contributed by atoms with Crippen LogP contribution in [0.3, 0.4) is 0 Å². The molecule has 0 bridgehead atoms. The Labute approximate surface area is 115 Å². The lowest BCUT2D eigenvalue weighted by Crippen LogP contribution is -2.29. The summed E-state index contributed by atoms with van der Waals surface area (Å²) in [6.45, 7) is 3.43. The van der Waals surface area contributed by atoms with Crippen LogP contribution in [0.2, 0.25) is 0 Å². The highest BCUT2D eigenvalue weighted by Crippen LogP contribution is 2.17. The molecule has 0 saturated heterocycles. The van der Waals surface area contributed by atoms with Gasteiger partial charge < -0.3 is 9.84 Å². The maximum absolute atomic E-state index is 11.8. The van der Waals surface area contributed by atoms with Crippen molar-refractivity contribution in [1.82, 2.24) is 0 Å². The Bertz CT molecular complexity index is 400. The van der Waals surface area contributed by atoms with E-state index >= 15 is 0 Å². The van der Waals surface area contributed by atoms with Crippen LogP contribution in [0.1, 0.15) is 13.8 Å². The first-order valence-corrected chi connectivity index (χ1v) is 6.52. The van der Waals surface area contributed by atoms with Crippen LogP contribution in [0.25, 0.3) is 0 Å². The lowest BCUT2D eigenvalue weighted by Gasteiger charge is -2.17. The van der Waals surface area contributed by atoms with Crippen LogP contribution in [0.4, 0.5) is 0 Å². The van der Waals surface area contributed by atoms with E-state index in [1.54, 1.807) is 42.2 Å². The fourth-order valence-electron chi connectivity index (χ4n) is 1.29. The van der Waals surface area contributed by atoms with Gasteiger partial charge in [-0.3, -0.25) is 4.79 Å². The van der Waals surface area contributed by atoms with Gasteiger partial charge in [-0.1, -0.05) is 40.8 Å². The molecule has 17 heavy (non-hydrogen) atoms. The summed E-state index contributed by atoms with van der Waals surface area (Å²) < 4.78 is 6.92. The van der Waals surface area contributed by atoms with E-state index in [0.717, 1.165) is 5.57 Å². The molecule has 92 valence electrons. The highest BCUT2D eigenvalue weighted by Gasteiger charge is 2.24. The van der Waals surface area contributed by atoms with E-state index in [-0.39, 0.29) is 0 Å². The Balaban J connectivity index is 2.65. The highest BCUT2D eigenvalue weighted by molar-refractivity contribution is 14.1. The minimum absolute atomic E-state index is 0.429. The number of carbonyl (C=O) groups is 1. The average molecular weight is 346 g/mol. The maximum Gasteiger partial charge on any atom is 0.317 e. The topological polar surface area (TPSA) is 46.5 Å². The molecule has 0 unspecified atom stereocenters. The molecule has 0 heterocycles. The number of hydrogen-bond donors (Lipinski definition) is 1. The van der Waals surface area contributed by atoms with Crippen molar-refractivity contribution in [2.45, 2.75) is 20.0 Å². The molecule has 0 aromatic heterocycles. The van der Waals surface area contributed by atoms with Gasteiger partial charge in [0.15, 0.2) is 0 Å². The standard InChI is InChI=1S/C13H15IO3/c1-9(8-14)12(15)10(2)13(16)17-11-6-4-3-5-7-11/h3-8,10,12,15H,1-2H3/b9-8+/t10-,12-/m0/s1. The lowest BCUT2D eigenvalue weighted by atomic mass is 10.00. The third-order valence-corrected chi connectivity index (χ3v) is 3.43. The Morgan fingerprint density at radius 3 is 2.53 bits per heavy atom. The van der Waals surface area contributed by atoms with Gasteiger partial charge in [0, 0.05) is 0 Å². The second-order valence-electron chi connectivity index (χ2n) is 3.82. The van der Waals surface area contributed by atoms with E-state index in [1.807, 2.05) is 28.7 Å². The van der Waals surface area contributed by atoms with Gasteiger partial charge in [0.05, 0.1) is 12.0 Å². The molecular weight excluding hydrogens is 331 g/mol. The summed E-state index contributed by atoms with van der Waals surface area (Å²) in [7, 11) is 0. The van der Waals surface area contributed by atoms with E-state index in [2.05, 4.69) is 0 Å². The molecule has 0 spiro atoms. The number of ether oxygens (including phenoxy) is 1. The molecule has 1 rings (SSSR count). The third-order valence-electron chi connectivity index (χ3n) is 2.45. The minimum Gasteiger partial charge on any atom is -0.426 e. The van der Waals surface area contributed by atoms with Crippen LogP contribution in [0, 0.1) is 5.92 Å². The molecule has 0 aliphatic rings. The van der Waals surface area contributed by atoms with Crippen molar-refractivity contribution in [3.05, 3.63) is 40.0 Å². The average Bonchev–Trinajstić information content (AvgIpc) is 2.37. The molecule has 2 atom stereocenters. The fraction of sp³-hybridized carbons (Fsp3) is 0.308. The van der Waals surface area contributed by atoms with Crippen molar-refractivity contribution < 1.29 is 14.6 Å². The molecule has 1 aromatic carbocycles. The minimum atomic E-state index is -0.803. The Hall–Kier alpha value is -0.880. The third kappa shape index (κ3) is 4.12. The smallest absolute Gasteiger partial charge is 0.317 e. The van der Waals surface area contributed by atoms with E-state index in [9.17, 15) is 9.90 Å². The first-order chi connectivity index (χ1) is 8.06. The van der Waals surface area contributed by atoms with Crippen molar-refractivity contribution in [3.63, 3.8) is 0 Å². The summed E-state index contributed by atoms with van der Waals surface area (Å²) in [5.74, 6) is -0.518. The summed E-state index contributed by atoms with van der Waals surface area (Å²) in [4.78, 5) is 11.8. The van der Waals surface area contributed by atoms with Crippen LogP contribution >= 0.6 is 22.6 Å². The maximum atomic E-state index is 11.8. The van der Waals surface area contributed by atoms with Gasteiger partial charge in [-0.2, -0.15) is 0 Å². The summed E-state index contributed by atoms with van der Waals surface area (Å²) in [5, 5.41) is 9.86. The van der Waals surface area contributed by atoms with E-state index < -0.39 is 18.0 Å². The number of esters is 1. The molecule has 0 amide bonds. The number of benzene rings is 1. The Morgan fingerprint density at radius 2 is 2.00 bits per heavy atom. The molecule has 1 aromatic rings. The molecule has 4 heteroatoms. The number of halogens is 1. The number of hydrogen-bond acceptors (Lipinski definition) is 3. The molecule has 0 aliphatic carbocycles. The van der Waals surface area contributed by atoms with E-state index in [4.69, 9.17) is 4.74 Å². The lowest BCUT2D eigenvalue weighted by molar-refractivity contribution is -0.141. The van der Waals surface area contributed by atoms with Gasteiger partial charge in [0.25, 0.3) is 0 Å². The highest BCUT2D eigenvalue weighted by atomic mass is 127. The van der Waals surface area contributed by atoms with Crippen molar-refractivity contribution >= 4 is 28.6 Å².